The van der Waals surface area contributed by atoms with E-state index < -0.39 is 60.2 Å². The van der Waals surface area contributed by atoms with Gasteiger partial charge in [0.25, 0.3) is 0 Å². The van der Waals surface area contributed by atoms with Crippen LogP contribution >= 0.6 is 15.9 Å². The lowest BCUT2D eigenvalue weighted by molar-refractivity contribution is -0.160. The summed E-state index contributed by atoms with van der Waals surface area (Å²) in [5, 5.41) is 13.6. The zero-order valence-corrected chi connectivity index (χ0v) is 27.3. The summed E-state index contributed by atoms with van der Waals surface area (Å²) in [7, 11) is 0. The second kappa shape index (κ2) is 13.1. The van der Waals surface area contributed by atoms with E-state index in [9.17, 15) is 24.3 Å². The third kappa shape index (κ3) is 5.58. The Bertz CT molecular complexity index is 1550. The summed E-state index contributed by atoms with van der Waals surface area (Å²) in [6.07, 6.45) is 4.47. The number of ether oxygens (including phenoxy) is 2. The number of likely N-dealkylation sites (tertiary alicyclic amines) is 1. The number of aliphatic hydroxyl groups excluding tert-OH is 1. The number of halogens is 1. The van der Waals surface area contributed by atoms with Gasteiger partial charge in [-0.1, -0.05) is 88.7 Å². The number of esters is 1. The fraction of sp³-hybridized carbons (Fsp3) is 0.429. The molecule has 242 valence electrons. The zero-order chi connectivity index (χ0) is 32.6. The molecule has 2 aromatic carbocycles. The molecular weight excluding hydrogens is 654 g/mol. The average Bonchev–Trinajstić information content (AvgIpc) is 3.64. The van der Waals surface area contributed by atoms with Gasteiger partial charge in [-0.05, 0) is 37.5 Å². The van der Waals surface area contributed by atoms with Crippen LogP contribution in [0, 0.1) is 11.8 Å². The van der Waals surface area contributed by atoms with Crippen LogP contribution in [0.3, 0.4) is 0 Å². The fourth-order valence-corrected chi connectivity index (χ4v) is 7.95. The van der Waals surface area contributed by atoms with E-state index >= 15 is 0 Å². The molecule has 4 aliphatic rings. The second-order valence-electron chi connectivity index (χ2n) is 12.4. The van der Waals surface area contributed by atoms with Gasteiger partial charge in [0.05, 0.1) is 25.1 Å². The van der Waals surface area contributed by atoms with Gasteiger partial charge >= 0.3 is 5.97 Å². The van der Waals surface area contributed by atoms with E-state index in [0.29, 0.717) is 22.0 Å². The first-order chi connectivity index (χ1) is 22.2. The first-order valence-electron chi connectivity index (χ1n) is 15.7. The summed E-state index contributed by atoms with van der Waals surface area (Å²) in [5.74, 6) is -3.85. The largest absolute Gasteiger partial charge is 0.455 e. The molecule has 2 N–H and O–H groups in total. The molecule has 7 atom stereocenters. The van der Waals surface area contributed by atoms with Crippen molar-refractivity contribution in [3.8, 4) is 0 Å². The first-order valence-corrected chi connectivity index (χ1v) is 16.5. The van der Waals surface area contributed by atoms with E-state index in [-0.39, 0.29) is 37.4 Å². The molecule has 2 fully saturated rings. The normalized spacial score (nSPS) is 31.4. The summed E-state index contributed by atoms with van der Waals surface area (Å²) >= 11 is 3.58. The molecule has 3 amide bonds. The van der Waals surface area contributed by atoms with E-state index in [1.54, 1.807) is 23.1 Å². The van der Waals surface area contributed by atoms with Crippen molar-refractivity contribution in [2.24, 2.45) is 11.8 Å². The van der Waals surface area contributed by atoms with Gasteiger partial charge < -0.3 is 29.7 Å². The second-order valence-corrected chi connectivity index (χ2v) is 13.3. The minimum absolute atomic E-state index is 0.0479. The maximum atomic E-state index is 14.8. The number of carbonyl (C=O) groups is 4. The number of carbonyl (C=O) groups excluding carboxylic acids is 4. The number of benzene rings is 2. The van der Waals surface area contributed by atoms with Gasteiger partial charge in [0.1, 0.15) is 29.8 Å². The highest BCUT2D eigenvalue weighted by atomic mass is 79.9. The van der Waals surface area contributed by atoms with Crippen molar-refractivity contribution in [1.82, 2.24) is 15.1 Å². The van der Waals surface area contributed by atoms with Gasteiger partial charge in [0, 0.05) is 23.5 Å². The summed E-state index contributed by atoms with van der Waals surface area (Å²) in [4.78, 5) is 59.5. The lowest BCUT2D eigenvalue weighted by Crippen LogP contribution is -2.58. The molecule has 4 heterocycles. The van der Waals surface area contributed by atoms with Crippen molar-refractivity contribution >= 4 is 39.6 Å². The maximum Gasteiger partial charge on any atom is 0.313 e. The topological polar surface area (TPSA) is 125 Å². The highest BCUT2D eigenvalue weighted by molar-refractivity contribution is 9.11. The van der Waals surface area contributed by atoms with Gasteiger partial charge in [0.15, 0.2) is 0 Å². The lowest BCUT2D eigenvalue weighted by Gasteiger charge is -2.40. The monoisotopic (exact) mass is 691 g/mol. The molecule has 10 nitrogen and oxygen atoms in total. The number of aliphatic hydroxyl groups is 1. The summed E-state index contributed by atoms with van der Waals surface area (Å²) < 4.78 is 13.3. The molecule has 2 aromatic rings. The molecule has 2 saturated heterocycles. The van der Waals surface area contributed by atoms with Crippen molar-refractivity contribution in [2.45, 2.75) is 62.6 Å². The van der Waals surface area contributed by atoms with Crippen LogP contribution in [0.4, 0.5) is 0 Å². The Hall–Kier alpha value is -3.80. The fourth-order valence-electron chi connectivity index (χ4n) is 7.21. The average molecular weight is 693 g/mol. The molecule has 4 aliphatic heterocycles. The molecule has 6 rings (SSSR count). The van der Waals surface area contributed by atoms with Gasteiger partial charge in [-0.2, -0.15) is 0 Å². The number of hydrogen-bond donors (Lipinski definition) is 2. The molecule has 0 aromatic heterocycles. The van der Waals surface area contributed by atoms with E-state index in [4.69, 9.17) is 9.47 Å². The SMILES string of the molecule is CC(C)N1C/C=C\CCC(=O)NC[C@@H](c2ccccc2)OC(=O)[C@@H]2[C@H]3O[C@@]4(C=C3Br)[C@H](C1=O)N([C@H](CO)c1ccccc1)C(=O)[C@@H]24. The Morgan fingerprint density at radius 3 is 2.37 bits per heavy atom. The molecule has 11 heteroatoms. The number of fused-ring (bicyclic) bond motifs is 2. The predicted molar refractivity (Wildman–Crippen MR) is 172 cm³/mol. The number of allylic oxidation sites excluding steroid dienone is 1. The van der Waals surface area contributed by atoms with Crippen molar-refractivity contribution in [1.29, 1.82) is 0 Å². The van der Waals surface area contributed by atoms with Crippen LogP contribution in [0.1, 0.15) is 50.0 Å². The molecule has 0 radical (unpaired) electrons. The standard InChI is InChI=1S/C35H38BrN3O7/c1-21(2)38-17-11-5-10-16-27(41)37-19-26(23-14-8-4-9-15-23)45-34(44)28-29-32(42)39(25(20-40)22-12-6-3-7-13-22)31(33(38)43)35(29)18-24(36)30(28)46-35/h3-9,11-15,18,21,25-26,28-31,40H,10,16-17,19-20H2,1-2H3,(H,37,41)/b11-5-/t25-,26+,28+,29-,30+,31+,35-/m1/s1. The Morgan fingerprint density at radius 2 is 1.70 bits per heavy atom. The van der Waals surface area contributed by atoms with Crippen molar-refractivity contribution < 1.29 is 33.8 Å². The van der Waals surface area contributed by atoms with Gasteiger partial charge in [-0.15, -0.1) is 0 Å². The van der Waals surface area contributed by atoms with E-state index in [1.165, 1.54) is 4.90 Å². The number of rotatable bonds is 5. The summed E-state index contributed by atoms with van der Waals surface area (Å²) in [6.45, 7) is 3.63. The number of hydrogen-bond acceptors (Lipinski definition) is 7. The van der Waals surface area contributed by atoms with E-state index in [2.05, 4.69) is 21.2 Å². The van der Waals surface area contributed by atoms with Crippen LogP contribution in [0.15, 0.2) is 83.4 Å². The lowest BCUT2D eigenvalue weighted by atomic mass is 9.74. The number of cyclic esters (lactones) is 1. The van der Waals surface area contributed by atoms with Crippen LogP contribution in [-0.2, 0) is 28.7 Å². The number of nitrogens with zero attached hydrogens (tertiary/aromatic N) is 2. The summed E-state index contributed by atoms with van der Waals surface area (Å²) in [5.41, 5.74) is -0.140. The van der Waals surface area contributed by atoms with Gasteiger partial charge in [-0.25, -0.2) is 0 Å². The molecule has 0 unspecified atom stereocenters. The Morgan fingerprint density at radius 1 is 1.00 bits per heavy atom. The van der Waals surface area contributed by atoms with Gasteiger partial charge in [0.2, 0.25) is 17.7 Å². The third-order valence-corrected chi connectivity index (χ3v) is 10.1. The minimum Gasteiger partial charge on any atom is -0.455 e. The highest BCUT2D eigenvalue weighted by Gasteiger charge is 2.75. The predicted octanol–water partition coefficient (Wildman–Crippen LogP) is 3.58. The van der Waals surface area contributed by atoms with Crippen LogP contribution in [-0.4, -0.2) is 82.1 Å². The van der Waals surface area contributed by atoms with Gasteiger partial charge in [-0.3, -0.25) is 19.2 Å². The smallest absolute Gasteiger partial charge is 0.313 e. The molecule has 5 bridgehead atoms. The van der Waals surface area contributed by atoms with Crippen molar-refractivity contribution in [3.63, 3.8) is 0 Å². The van der Waals surface area contributed by atoms with Crippen LogP contribution < -0.4 is 5.32 Å². The molecule has 46 heavy (non-hydrogen) atoms. The molecule has 1 spiro atoms. The third-order valence-electron chi connectivity index (χ3n) is 9.39. The first kappa shape index (κ1) is 32.2. The maximum absolute atomic E-state index is 14.8. The number of amides is 3. The van der Waals surface area contributed by atoms with E-state index in [0.717, 1.165) is 0 Å². The molecular formula is C35H38BrN3O7. The van der Waals surface area contributed by atoms with E-state index in [1.807, 2.05) is 74.5 Å². The molecule has 0 aliphatic carbocycles. The number of nitrogens with one attached hydrogen (secondary N) is 1. The summed E-state index contributed by atoms with van der Waals surface area (Å²) in [6, 6.07) is 15.9. The van der Waals surface area contributed by atoms with Crippen molar-refractivity contribution in [3.05, 3.63) is 94.5 Å². The van der Waals surface area contributed by atoms with Crippen LogP contribution in [0.5, 0.6) is 0 Å². The zero-order valence-electron chi connectivity index (χ0n) is 25.8. The highest BCUT2D eigenvalue weighted by Crippen LogP contribution is 2.60. The minimum atomic E-state index is -1.48. The van der Waals surface area contributed by atoms with Crippen LogP contribution in [0.25, 0.3) is 0 Å². The van der Waals surface area contributed by atoms with Crippen LogP contribution in [0.2, 0.25) is 0 Å². The Labute approximate surface area is 276 Å². The Balaban J connectivity index is 1.48. The molecule has 0 saturated carbocycles. The quantitative estimate of drug-likeness (QED) is 0.363. The Kier molecular flexibility index (Phi) is 9.18. The van der Waals surface area contributed by atoms with Crippen molar-refractivity contribution in [2.75, 3.05) is 19.7 Å².